The average molecular weight is 211 g/mol. The molecule has 0 unspecified atom stereocenters. The Morgan fingerprint density at radius 1 is 1.50 bits per heavy atom. The smallest absolute Gasteiger partial charge is 0.276 e. The van der Waals surface area contributed by atoms with Gasteiger partial charge in [0.15, 0.2) is 0 Å². The van der Waals surface area contributed by atoms with E-state index < -0.39 is 6.08 Å². The summed E-state index contributed by atoms with van der Waals surface area (Å²) in [4.78, 5) is 3.75. The van der Waals surface area contributed by atoms with Crippen LogP contribution in [0.1, 0.15) is 6.92 Å². The van der Waals surface area contributed by atoms with Gasteiger partial charge in [0, 0.05) is 11.2 Å². The fourth-order valence-corrected chi connectivity index (χ4v) is 1.50. The Morgan fingerprint density at radius 2 is 2.29 bits per heavy atom. The monoisotopic (exact) mass is 210 g/mol. The topological polar surface area (TPSA) is 17.8 Å². The van der Waals surface area contributed by atoms with Gasteiger partial charge in [0.25, 0.3) is 6.08 Å². The zero-order valence-electron chi connectivity index (χ0n) is 7.54. The molecular formula is C10H8ClFN2. The predicted molar refractivity (Wildman–Crippen MR) is 55.7 cm³/mol. The van der Waals surface area contributed by atoms with E-state index in [1.54, 1.807) is 30.5 Å². The fourth-order valence-electron chi connectivity index (χ4n) is 1.33. The lowest BCUT2D eigenvalue weighted by Gasteiger charge is -1.95. The quantitative estimate of drug-likeness (QED) is 0.706. The maximum absolute atomic E-state index is 13.3. The van der Waals surface area contributed by atoms with Crippen molar-refractivity contribution < 1.29 is 4.39 Å². The molecular weight excluding hydrogens is 203 g/mol. The van der Waals surface area contributed by atoms with Crippen molar-refractivity contribution in [1.29, 1.82) is 0 Å². The van der Waals surface area contributed by atoms with Crippen LogP contribution in [0.15, 0.2) is 24.3 Å². The molecule has 0 atom stereocenters. The molecule has 0 saturated carbocycles. The first-order valence-corrected chi connectivity index (χ1v) is 4.56. The summed E-state index contributed by atoms with van der Waals surface area (Å²) in [7, 11) is 0. The molecule has 0 N–H and O–H groups in total. The van der Waals surface area contributed by atoms with Crippen LogP contribution < -0.4 is 0 Å². The second-order valence-electron chi connectivity index (χ2n) is 2.87. The van der Waals surface area contributed by atoms with E-state index in [9.17, 15) is 4.39 Å². The van der Waals surface area contributed by atoms with Crippen LogP contribution in [-0.2, 0) is 0 Å². The normalized spacial score (nSPS) is 11.6. The Kier molecular flexibility index (Phi) is 2.25. The highest BCUT2D eigenvalue weighted by Gasteiger charge is 2.07. The number of nitrogens with zero attached hydrogens (tertiary/aromatic N) is 2. The third-order valence-electron chi connectivity index (χ3n) is 1.91. The van der Waals surface area contributed by atoms with E-state index >= 15 is 0 Å². The van der Waals surface area contributed by atoms with E-state index in [2.05, 4.69) is 4.98 Å². The molecule has 2 aromatic rings. The maximum Gasteiger partial charge on any atom is 0.294 e. The van der Waals surface area contributed by atoms with E-state index in [0.717, 1.165) is 0 Å². The van der Waals surface area contributed by atoms with Crippen LogP contribution >= 0.6 is 11.6 Å². The molecule has 14 heavy (non-hydrogen) atoms. The number of rotatable bonds is 1. The van der Waals surface area contributed by atoms with Crippen molar-refractivity contribution in [2.45, 2.75) is 6.92 Å². The largest absolute Gasteiger partial charge is 0.294 e. The number of halogens is 2. The Labute approximate surface area is 85.6 Å². The van der Waals surface area contributed by atoms with Gasteiger partial charge in [-0.15, -0.1) is 0 Å². The standard InChI is InChI=1S/C10H8ClFN2/c1-2-5-14-9-4-3-7(11)6-8(9)13-10(14)12/h2-6H,1H3/b5-2+. The van der Waals surface area contributed by atoms with Crippen LogP contribution in [0.2, 0.25) is 5.02 Å². The third kappa shape index (κ3) is 1.40. The van der Waals surface area contributed by atoms with Crippen LogP contribution in [0.4, 0.5) is 4.39 Å². The van der Waals surface area contributed by atoms with Crippen molar-refractivity contribution in [3.63, 3.8) is 0 Å². The van der Waals surface area contributed by atoms with Crippen molar-refractivity contribution in [3.8, 4) is 0 Å². The predicted octanol–water partition coefficient (Wildman–Crippen LogP) is 3.32. The highest BCUT2D eigenvalue weighted by atomic mass is 35.5. The summed E-state index contributed by atoms with van der Waals surface area (Å²) < 4.78 is 14.7. The van der Waals surface area contributed by atoms with Gasteiger partial charge in [-0.3, -0.25) is 4.57 Å². The Balaban J connectivity index is 2.77. The number of hydrogen-bond donors (Lipinski definition) is 0. The molecule has 0 amide bonds. The molecule has 0 aliphatic carbocycles. The van der Waals surface area contributed by atoms with E-state index in [4.69, 9.17) is 11.6 Å². The summed E-state index contributed by atoms with van der Waals surface area (Å²) in [5.41, 5.74) is 1.28. The van der Waals surface area contributed by atoms with E-state index in [0.29, 0.717) is 16.1 Å². The summed E-state index contributed by atoms with van der Waals surface area (Å²) in [5, 5.41) is 0.558. The molecule has 0 fully saturated rings. The first-order valence-electron chi connectivity index (χ1n) is 4.18. The molecule has 1 heterocycles. The minimum absolute atomic E-state index is 0.527. The van der Waals surface area contributed by atoms with Crippen molar-refractivity contribution in [1.82, 2.24) is 9.55 Å². The molecule has 0 bridgehead atoms. The number of allylic oxidation sites excluding steroid dienone is 1. The average Bonchev–Trinajstić information content (AvgIpc) is 2.43. The molecule has 1 aromatic heterocycles. The molecule has 2 rings (SSSR count). The summed E-state index contributed by atoms with van der Waals surface area (Å²) in [5.74, 6) is 0. The first-order chi connectivity index (χ1) is 6.72. The van der Waals surface area contributed by atoms with Gasteiger partial charge in [-0.05, 0) is 25.1 Å². The Bertz CT molecular complexity index is 502. The van der Waals surface area contributed by atoms with E-state index in [-0.39, 0.29) is 0 Å². The summed E-state index contributed by atoms with van der Waals surface area (Å²) in [6.07, 6.45) is 2.84. The van der Waals surface area contributed by atoms with Crippen molar-refractivity contribution >= 4 is 28.8 Å². The van der Waals surface area contributed by atoms with Crippen molar-refractivity contribution in [3.05, 3.63) is 35.4 Å². The SMILES string of the molecule is C/C=C/n1c(F)nc2cc(Cl)ccc21. The highest BCUT2D eigenvalue weighted by Crippen LogP contribution is 2.20. The minimum Gasteiger partial charge on any atom is -0.276 e. The molecule has 0 spiro atoms. The lowest BCUT2D eigenvalue weighted by Crippen LogP contribution is -1.89. The van der Waals surface area contributed by atoms with Crippen LogP contribution in [0.25, 0.3) is 17.2 Å². The minimum atomic E-state index is -0.527. The molecule has 72 valence electrons. The molecule has 0 aliphatic heterocycles. The van der Waals surface area contributed by atoms with Gasteiger partial charge < -0.3 is 0 Å². The van der Waals surface area contributed by atoms with Gasteiger partial charge in [0.05, 0.1) is 11.0 Å². The van der Waals surface area contributed by atoms with E-state index in [1.807, 2.05) is 6.92 Å². The van der Waals surface area contributed by atoms with Crippen LogP contribution in [0, 0.1) is 6.08 Å². The van der Waals surface area contributed by atoms with Gasteiger partial charge >= 0.3 is 0 Å². The van der Waals surface area contributed by atoms with Gasteiger partial charge in [0.1, 0.15) is 0 Å². The lowest BCUT2D eigenvalue weighted by molar-refractivity contribution is 0.535. The number of hydrogen-bond acceptors (Lipinski definition) is 1. The number of fused-ring (bicyclic) bond motifs is 1. The molecule has 0 aliphatic rings. The summed E-state index contributed by atoms with van der Waals surface area (Å²) >= 11 is 5.77. The van der Waals surface area contributed by atoms with Crippen molar-refractivity contribution in [2.75, 3.05) is 0 Å². The molecule has 0 saturated heterocycles. The zero-order chi connectivity index (χ0) is 10.1. The van der Waals surface area contributed by atoms with Crippen molar-refractivity contribution in [2.24, 2.45) is 0 Å². The number of aromatic nitrogens is 2. The fraction of sp³-hybridized carbons (Fsp3) is 0.100. The molecule has 0 radical (unpaired) electrons. The lowest BCUT2D eigenvalue weighted by atomic mass is 10.3. The summed E-state index contributed by atoms with van der Waals surface area (Å²) in [6.45, 7) is 1.82. The van der Waals surface area contributed by atoms with Crippen LogP contribution in [0.5, 0.6) is 0 Å². The van der Waals surface area contributed by atoms with Crippen LogP contribution in [0.3, 0.4) is 0 Å². The van der Waals surface area contributed by atoms with E-state index in [1.165, 1.54) is 4.57 Å². The Hall–Kier alpha value is -1.35. The summed E-state index contributed by atoms with van der Waals surface area (Å²) in [6, 6.07) is 5.10. The van der Waals surface area contributed by atoms with Crippen LogP contribution in [-0.4, -0.2) is 9.55 Å². The third-order valence-corrected chi connectivity index (χ3v) is 2.14. The maximum atomic E-state index is 13.3. The van der Waals surface area contributed by atoms with Gasteiger partial charge in [-0.25, -0.2) is 4.98 Å². The van der Waals surface area contributed by atoms with Gasteiger partial charge in [-0.2, -0.15) is 4.39 Å². The molecule has 4 heteroatoms. The molecule has 1 aromatic carbocycles. The second kappa shape index (κ2) is 3.42. The number of imidazole rings is 1. The zero-order valence-corrected chi connectivity index (χ0v) is 8.29. The van der Waals surface area contributed by atoms with Gasteiger partial charge in [-0.1, -0.05) is 17.7 Å². The highest BCUT2D eigenvalue weighted by molar-refractivity contribution is 6.31. The number of benzene rings is 1. The second-order valence-corrected chi connectivity index (χ2v) is 3.30. The Morgan fingerprint density at radius 3 is 3.00 bits per heavy atom. The van der Waals surface area contributed by atoms with Gasteiger partial charge in [0.2, 0.25) is 0 Å². The first kappa shape index (κ1) is 9.21. The molecule has 2 nitrogen and oxygen atoms in total.